The SMILES string of the molecule is CC(C)C1CN(C(C)c2cccc(Br)c2)C1. The molecule has 0 radical (unpaired) electrons. The molecule has 1 fully saturated rings. The molecule has 0 N–H and O–H groups in total. The van der Waals surface area contributed by atoms with Crippen molar-refractivity contribution in [3.05, 3.63) is 34.3 Å². The molecule has 0 aliphatic carbocycles. The van der Waals surface area contributed by atoms with Crippen LogP contribution in [-0.2, 0) is 0 Å². The van der Waals surface area contributed by atoms with Crippen molar-refractivity contribution < 1.29 is 0 Å². The van der Waals surface area contributed by atoms with Crippen LogP contribution in [0.4, 0.5) is 0 Å². The molecule has 1 aliphatic heterocycles. The first kappa shape index (κ1) is 12.1. The highest BCUT2D eigenvalue weighted by Crippen LogP contribution is 2.32. The third-order valence-corrected chi connectivity index (χ3v) is 4.25. The molecule has 0 bridgehead atoms. The van der Waals surface area contributed by atoms with Crippen molar-refractivity contribution in [3.63, 3.8) is 0 Å². The van der Waals surface area contributed by atoms with Crippen LogP contribution in [0, 0.1) is 11.8 Å². The fraction of sp³-hybridized carbons (Fsp3) is 0.571. The van der Waals surface area contributed by atoms with Crippen molar-refractivity contribution in [1.29, 1.82) is 0 Å². The van der Waals surface area contributed by atoms with E-state index in [2.05, 4.69) is 65.9 Å². The molecule has 1 saturated heterocycles. The Morgan fingerprint density at radius 3 is 2.50 bits per heavy atom. The number of benzene rings is 1. The molecule has 1 unspecified atom stereocenters. The molecule has 1 aromatic carbocycles. The lowest BCUT2D eigenvalue weighted by molar-refractivity contribution is 0.0336. The Morgan fingerprint density at radius 2 is 1.94 bits per heavy atom. The van der Waals surface area contributed by atoms with Gasteiger partial charge in [-0.2, -0.15) is 0 Å². The number of rotatable bonds is 3. The number of hydrogen-bond donors (Lipinski definition) is 0. The zero-order valence-corrected chi connectivity index (χ0v) is 11.9. The van der Waals surface area contributed by atoms with E-state index in [1.165, 1.54) is 23.1 Å². The Bertz CT molecular complexity index is 356. The van der Waals surface area contributed by atoms with Crippen molar-refractivity contribution in [2.75, 3.05) is 13.1 Å². The van der Waals surface area contributed by atoms with E-state index >= 15 is 0 Å². The van der Waals surface area contributed by atoms with Gasteiger partial charge in [-0.15, -0.1) is 0 Å². The monoisotopic (exact) mass is 281 g/mol. The van der Waals surface area contributed by atoms with E-state index in [9.17, 15) is 0 Å². The van der Waals surface area contributed by atoms with Crippen LogP contribution >= 0.6 is 15.9 Å². The summed E-state index contributed by atoms with van der Waals surface area (Å²) in [4.78, 5) is 2.56. The summed E-state index contributed by atoms with van der Waals surface area (Å²) in [5, 5.41) is 0. The summed E-state index contributed by atoms with van der Waals surface area (Å²) in [6, 6.07) is 9.21. The quantitative estimate of drug-likeness (QED) is 0.806. The van der Waals surface area contributed by atoms with Crippen molar-refractivity contribution >= 4 is 15.9 Å². The molecule has 16 heavy (non-hydrogen) atoms. The van der Waals surface area contributed by atoms with Crippen LogP contribution in [0.2, 0.25) is 0 Å². The molecule has 88 valence electrons. The molecule has 0 spiro atoms. The minimum atomic E-state index is 0.549. The average molecular weight is 282 g/mol. The van der Waals surface area contributed by atoms with Crippen LogP contribution in [0.5, 0.6) is 0 Å². The summed E-state index contributed by atoms with van der Waals surface area (Å²) < 4.78 is 1.18. The average Bonchev–Trinajstić information content (AvgIpc) is 2.14. The molecule has 1 aromatic rings. The van der Waals surface area contributed by atoms with Crippen LogP contribution in [-0.4, -0.2) is 18.0 Å². The maximum absolute atomic E-state index is 3.54. The Balaban J connectivity index is 1.97. The van der Waals surface area contributed by atoms with Crippen LogP contribution in [0.25, 0.3) is 0 Å². The molecule has 1 nitrogen and oxygen atoms in total. The predicted octanol–water partition coefficient (Wildman–Crippen LogP) is 4.10. The lowest BCUT2D eigenvalue weighted by atomic mass is 9.86. The standard InChI is InChI=1S/C14H20BrN/c1-10(2)13-8-16(9-13)11(3)12-5-4-6-14(15)7-12/h4-7,10-11,13H,8-9H2,1-3H3. The normalized spacial score (nSPS) is 19.8. The largest absolute Gasteiger partial charge is 0.296 e. The summed E-state index contributed by atoms with van der Waals surface area (Å²) >= 11 is 3.54. The van der Waals surface area contributed by atoms with E-state index < -0.39 is 0 Å². The van der Waals surface area contributed by atoms with E-state index in [4.69, 9.17) is 0 Å². The Morgan fingerprint density at radius 1 is 1.25 bits per heavy atom. The highest BCUT2D eigenvalue weighted by molar-refractivity contribution is 9.10. The van der Waals surface area contributed by atoms with E-state index in [0.717, 1.165) is 11.8 Å². The lowest BCUT2D eigenvalue weighted by Gasteiger charge is -2.45. The van der Waals surface area contributed by atoms with Crippen LogP contribution in [0.1, 0.15) is 32.4 Å². The van der Waals surface area contributed by atoms with Gasteiger partial charge in [0, 0.05) is 23.6 Å². The summed E-state index contributed by atoms with van der Waals surface area (Å²) in [7, 11) is 0. The van der Waals surface area contributed by atoms with E-state index in [0.29, 0.717) is 6.04 Å². The fourth-order valence-corrected chi connectivity index (χ4v) is 2.68. The highest BCUT2D eigenvalue weighted by Gasteiger charge is 2.32. The predicted molar refractivity (Wildman–Crippen MR) is 72.5 cm³/mol. The maximum atomic E-state index is 3.54. The minimum Gasteiger partial charge on any atom is -0.296 e. The number of nitrogens with zero attached hydrogens (tertiary/aromatic N) is 1. The number of hydrogen-bond acceptors (Lipinski definition) is 1. The molecule has 1 heterocycles. The van der Waals surface area contributed by atoms with Crippen LogP contribution < -0.4 is 0 Å². The fourth-order valence-electron chi connectivity index (χ4n) is 2.26. The third kappa shape index (κ3) is 2.49. The molecule has 1 atom stereocenters. The van der Waals surface area contributed by atoms with Gasteiger partial charge in [0.15, 0.2) is 0 Å². The highest BCUT2D eigenvalue weighted by atomic mass is 79.9. The molecule has 0 amide bonds. The van der Waals surface area contributed by atoms with E-state index in [1.807, 2.05) is 0 Å². The topological polar surface area (TPSA) is 3.24 Å². The zero-order chi connectivity index (χ0) is 11.7. The van der Waals surface area contributed by atoms with Gasteiger partial charge in [0.2, 0.25) is 0 Å². The lowest BCUT2D eigenvalue weighted by Crippen LogP contribution is -2.49. The van der Waals surface area contributed by atoms with Gasteiger partial charge in [0.1, 0.15) is 0 Å². The second-order valence-corrected chi connectivity index (χ2v) is 6.10. The van der Waals surface area contributed by atoms with Crippen molar-refractivity contribution in [2.45, 2.75) is 26.8 Å². The van der Waals surface area contributed by atoms with Gasteiger partial charge in [0.05, 0.1) is 0 Å². The van der Waals surface area contributed by atoms with Crippen molar-refractivity contribution in [2.24, 2.45) is 11.8 Å². The third-order valence-electron chi connectivity index (χ3n) is 3.76. The van der Waals surface area contributed by atoms with E-state index in [1.54, 1.807) is 0 Å². The summed E-state index contributed by atoms with van der Waals surface area (Å²) in [6.45, 7) is 9.46. The molecule has 1 aliphatic rings. The molecule has 0 saturated carbocycles. The molecular weight excluding hydrogens is 262 g/mol. The first-order valence-electron chi connectivity index (χ1n) is 6.07. The van der Waals surface area contributed by atoms with E-state index in [-0.39, 0.29) is 0 Å². The molecule has 2 rings (SSSR count). The number of halogens is 1. The van der Waals surface area contributed by atoms with Gasteiger partial charge in [0.25, 0.3) is 0 Å². The second kappa shape index (κ2) is 4.89. The first-order chi connectivity index (χ1) is 7.58. The minimum absolute atomic E-state index is 0.549. The molecule has 0 aromatic heterocycles. The second-order valence-electron chi connectivity index (χ2n) is 5.19. The van der Waals surface area contributed by atoms with Gasteiger partial charge in [-0.1, -0.05) is 41.9 Å². The number of likely N-dealkylation sites (tertiary alicyclic amines) is 1. The summed E-state index contributed by atoms with van der Waals surface area (Å²) in [5.41, 5.74) is 1.41. The van der Waals surface area contributed by atoms with Gasteiger partial charge in [-0.05, 0) is 36.5 Å². The van der Waals surface area contributed by atoms with Gasteiger partial charge < -0.3 is 0 Å². The van der Waals surface area contributed by atoms with Crippen LogP contribution in [0.15, 0.2) is 28.7 Å². The Kier molecular flexibility index (Phi) is 3.70. The molecular formula is C14H20BrN. The Hall–Kier alpha value is -0.340. The summed E-state index contributed by atoms with van der Waals surface area (Å²) in [6.07, 6.45) is 0. The maximum Gasteiger partial charge on any atom is 0.0320 e. The zero-order valence-electron chi connectivity index (χ0n) is 10.3. The molecule has 2 heteroatoms. The van der Waals surface area contributed by atoms with Gasteiger partial charge in [-0.25, -0.2) is 0 Å². The van der Waals surface area contributed by atoms with Gasteiger partial charge in [-0.3, -0.25) is 4.90 Å². The van der Waals surface area contributed by atoms with Gasteiger partial charge >= 0.3 is 0 Å². The van der Waals surface area contributed by atoms with Crippen molar-refractivity contribution in [3.8, 4) is 0 Å². The summed E-state index contributed by atoms with van der Waals surface area (Å²) in [5.74, 6) is 1.72. The van der Waals surface area contributed by atoms with Crippen LogP contribution in [0.3, 0.4) is 0 Å². The Labute approximate surface area is 107 Å². The smallest absolute Gasteiger partial charge is 0.0320 e. The van der Waals surface area contributed by atoms with Crippen molar-refractivity contribution in [1.82, 2.24) is 4.90 Å². The first-order valence-corrected chi connectivity index (χ1v) is 6.86.